The molecule has 3 aliphatic heterocycles. The first-order valence-corrected chi connectivity index (χ1v) is 5.59. The van der Waals surface area contributed by atoms with Gasteiger partial charge in [0.1, 0.15) is 18.1 Å². The highest BCUT2D eigenvalue weighted by Gasteiger charge is 2.39. The van der Waals surface area contributed by atoms with Crippen molar-refractivity contribution >= 4 is 11.7 Å². The zero-order valence-corrected chi connectivity index (χ0v) is 9.35. The molecule has 0 radical (unpaired) electrons. The summed E-state index contributed by atoms with van der Waals surface area (Å²) in [5, 5.41) is 3.36. The molecule has 3 N–H and O–H groups in total. The van der Waals surface area contributed by atoms with Gasteiger partial charge in [-0.3, -0.25) is 0 Å². The monoisotopic (exact) mass is 218 g/mol. The predicted molar refractivity (Wildman–Crippen MR) is 63.4 cm³/mol. The van der Waals surface area contributed by atoms with Crippen molar-refractivity contribution in [3.63, 3.8) is 0 Å². The fourth-order valence-electron chi connectivity index (χ4n) is 2.43. The third kappa shape index (κ3) is 1.32. The van der Waals surface area contributed by atoms with E-state index < -0.39 is 0 Å². The van der Waals surface area contributed by atoms with E-state index in [1.165, 1.54) is 0 Å². The lowest BCUT2D eigenvalue weighted by molar-refractivity contribution is -0.702. The third-order valence-electron chi connectivity index (χ3n) is 3.39. The number of hydrogen-bond donors (Lipinski definition) is 2. The molecule has 0 aromatic carbocycles. The highest BCUT2D eigenvalue weighted by atomic mass is 15.4. The van der Waals surface area contributed by atoms with Gasteiger partial charge in [-0.25, -0.2) is 9.48 Å². The molecule has 5 nitrogen and oxygen atoms in total. The van der Waals surface area contributed by atoms with E-state index in [1.54, 1.807) is 6.20 Å². The van der Waals surface area contributed by atoms with Crippen LogP contribution in [0.25, 0.3) is 0 Å². The van der Waals surface area contributed by atoms with E-state index in [2.05, 4.69) is 28.5 Å². The van der Waals surface area contributed by atoms with E-state index in [9.17, 15) is 0 Å². The molecule has 0 saturated carbocycles. The number of nitrogens with two attached hydrogens (primary N) is 1. The van der Waals surface area contributed by atoms with Crippen molar-refractivity contribution in [1.29, 1.82) is 0 Å². The van der Waals surface area contributed by atoms with Crippen LogP contribution in [0.4, 0.5) is 0 Å². The minimum absolute atomic E-state index is 0.522. The highest BCUT2D eigenvalue weighted by Crippen LogP contribution is 2.29. The number of nitrogens with one attached hydrogen (secondary N) is 1. The van der Waals surface area contributed by atoms with Crippen LogP contribution in [0.1, 0.15) is 6.42 Å². The van der Waals surface area contributed by atoms with Crippen molar-refractivity contribution in [1.82, 2.24) is 5.32 Å². The number of hydrogen-bond acceptors (Lipinski definition) is 4. The van der Waals surface area contributed by atoms with Crippen LogP contribution in [0, 0.1) is 5.92 Å². The molecule has 3 heterocycles. The molecule has 3 rings (SSSR count). The van der Waals surface area contributed by atoms with Crippen LogP contribution in [-0.4, -0.2) is 36.3 Å². The Balaban J connectivity index is 1.97. The van der Waals surface area contributed by atoms with Gasteiger partial charge in [0.2, 0.25) is 5.84 Å². The average Bonchev–Trinajstić information content (AvgIpc) is 2.83. The van der Waals surface area contributed by atoms with Gasteiger partial charge in [-0.2, -0.15) is 4.99 Å². The van der Waals surface area contributed by atoms with Crippen molar-refractivity contribution in [2.24, 2.45) is 21.6 Å². The maximum absolute atomic E-state index is 5.87. The van der Waals surface area contributed by atoms with Crippen LogP contribution in [0.2, 0.25) is 0 Å². The molecule has 0 aliphatic carbocycles. The van der Waals surface area contributed by atoms with Crippen LogP contribution in [-0.2, 0) is 0 Å². The smallest absolute Gasteiger partial charge is 0.280 e. The summed E-state index contributed by atoms with van der Waals surface area (Å²) in [5.41, 5.74) is 7.01. The number of aliphatic imine (C=N–C) groups is 2. The minimum atomic E-state index is 0.522. The normalized spacial score (nSPS) is 36.8. The van der Waals surface area contributed by atoms with Crippen LogP contribution in [0.5, 0.6) is 0 Å². The van der Waals surface area contributed by atoms with Crippen LogP contribution < -0.4 is 11.1 Å². The maximum Gasteiger partial charge on any atom is 0.280 e. The Morgan fingerprint density at radius 2 is 2.44 bits per heavy atom. The van der Waals surface area contributed by atoms with Gasteiger partial charge in [0.25, 0.3) is 5.84 Å². The fraction of sp³-hybridized carbons (Fsp3) is 0.455. The summed E-state index contributed by atoms with van der Waals surface area (Å²) >= 11 is 0. The SMILES string of the molecule is C[N+]12C=CN=C(N)C1=NC(C1CCNC1)=C2. The lowest BCUT2D eigenvalue weighted by atomic mass is 10.1. The standard InChI is InChI=1S/C11H16N5/c1-16-5-4-14-10(12)11(16)15-9(7-16)8-2-3-13-6-8/h4-5,7-8,13H,2-3,6H2,1H3,(H2,12,14)/q+1. The summed E-state index contributed by atoms with van der Waals surface area (Å²) in [6.45, 7) is 2.10. The number of quaternary nitrogens is 1. The molecule has 2 unspecified atom stereocenters. The van der Waals surface area contributed by atoms with Crippen molar-refractivity contribution in [2.75, 3.05) is 20.1 Å². The number of amidine groups is 2. The largest absolute Gasteiger partial charge is 0.377 e. The van der Waals surface area contributed by atoms with Crippen LogP contribution in [0.15, 0.2) is 34.3 Å². The lowest BCUT2D eigenvalue weighted by Gasteiger charge is -2.23. The van der Waals surface area contributed by atoms with Gasteiger partial charge in [-0.1, -0.05) is 0 Å². The van der Waals surface area contributed by atoms with Gasteiger partial charge in [0.05, 0.1) is 13.2 Å². The molecule has 1 fully saturated rings. The Kier molecular flexibility index (Phi) is 1.99. The molecular weight excluding hydrogens is 202 g/mol. The molecule has 84 valence electrons. The molecule has 0 aromatic heterocycles. The summed E-state index contributed by atoms with van der Waals surface area (Å²) in [6, 6.07) is 0. The van der Waals surface area contributed by atoms with E-state index in [-0.39, 0.29) is 0 Å². The molecule has 16 heavy (non-hydrogen) atoms. The Morgan fingerprint density at radius 1 is 1.56 bits per heavy atom. The first-order valence-electron chi connectivity index (χ1n) is 5.59. The van der Waals surface area contributed by atoms with E-state index in [0.29, 0.717) is 16.2 Å². The molecule has 2 atom stereocenters. The van der Waals surface area contributed by atoms with Crippen LogP contribution >= 0.6 is 0 Å². The molecule has 0 spiro atoms. The molecule has 0 aromatic rings. The average molecular weight is 218 g/mol. The van der Waals surface area contributed by atoms with Gasteiger partial charge >= 0.3 is 0 Å². The Morgan fingerprint density at radius 3 is 3.12 bits per heavy atom. The predicted octanol–water partition coefficient (Wildman–Crippen LogP) is 0.138. The number of nitrogens with zero attached hydrogens (tertiary/aromatic N) is 3. The second-order valence-electron chi connectivity index (χ2n) is 4.64. The van der Waals surface area contributed by atoms with Crippen molar-refractivity contribution in [3.8, 4) is 0 Å². The van der Waals surface area contributed by atoms with Gasteiger partial charge in [-0.15, -0.1) is 0 Å². The zero-order valence-electron chi connectivity index (χ0n) is 9.35. The molecule has 5 heteroatoms. The van der Waals surface area contributed by atoms with Crippen LogP contribution in [0.3, 0.4) is 0 Å². The molecule has 3 aliphatic rings. The first kappa shape index (κ1) is 9.74. The second-order valence-corrected chi connectivity index (χ2v) is 4.64. The summed E-state index contributed by atoms with van der Waals surface area (Å²) in [5.74, 6) is 1.90. The number of rotatable bonds is 1. The topological polar surface area (TPSA) is 62.8 Å². The summed E-state index contributed by atoms with van der Waals surface area (Å²) in [7, 11) is 2.08. The maximum atomic E-state index is 5.87. The Labute approximate surface area is 94.6 Å². The van der Waals surface area contributed by atoms with Crippen molar-refractivity contribution < 1.29 is 4.48 Å². The lowest BCUT2D eigenvalue weighted by Crippen LogP contribution is -2.46. The molecular formula is C11H16N5+. The summed E-state index contributed by atoms with van der Waals surface area (Å²) in [6.07, 6.45) is 7.08. The summed E-state index contributed by atoms with van der Waals surface area (Å²) < 4.78 is 0.557. The Hall–Kier alpha value is -1.46. The van der Waals surface area contributed by atoms with Crippen molar-refractivity contribution in [2.45, 2.75) is 6.42 Å². The van der Waals surface area contributed by atoms with Gasteiger partial charge in [0.15, 0.2) is 0 Å². The van der Waals surface area contributed by atoms with Gasteiger partial charge in [0, 0.05) is 12.5 Å². The zero-order chi connectivity index (χ0) is 11.2. The molecule has 0 amide bonds. The number of fused-ring (bicyclic) bond motifs is 1. The van der Waals surface area contributed by atoms with E-state index in [1.807, 2.05) is 6.20 Å². The van der Waals surface area contributed by atoms with Gasteiger partial charge in [-0.05, 0) is 13.0 Å². The Bertz CT molecular complexity index is 439. The van der Waals surface area contributed by atoms with E-state index in [0.717, 1.165) is 31.0 Å². The van der Waals surface area contributed by atoms with Gasteiger partial charge < -0.3 is 11.1 Å². The fourth-order valence-corrected chi connectivity index (χ4v) is 2.43. The van der Waals surface area contributed by atoms with Crippen molar-refractivity contribution in [3.05, 3.63) is 24.3 Å². The van der Waals surface area contributed by atoms with E-state index >= 15 is 0 Å². The quantitative estimate of drug-likeness (QED) is 0.615. The second kappa shape index (κ2) is 3.26. The van der Waals surface area contributed by atoms with E-state index in [4.69, 9.17) is 5.73 Å². The minimum Gasteiger partial charge on any atom is -0.377 e. The third-order valence-corrected chi connectivity index (χ3v) is 3.39. The number of likely N-dealkylation sites (N-methyl/N-ethyl adjacent to an activating group) is 1. The molecule has 1 saturated heterocycles. The highest BCUT2D eigenvalue weighted by molar-refractivity contribution is 6.38. The molecule has 0 bridgehead atoms. The summed E-state index contributed by atoms with van der Waals surface area (Å²) in [4.78, 5) is 8.75. The first-order chi connectivity index (χ1) is 7.69.